The molecule has 0 aromatic heterocycles. The van der Waals surface area contributed by atoms with Crippen LogP contribution in [0.2, 0.25) is 13.1 Å². The first-order valence-corrected chi connectivity index (χ1v) is 25.9. The summed E-state index contributed by atoms with van der Waals surface area (Å²) in [7, 11) is -2.03. The first-order chi connectivity index (χ1) is 32.0. The molecule has 0 saturated carbocycles. The van der Waals surface area contributed by atoms with Gasteiger partial charge in [-0.25, -0.2) is 0 Å². The molecule has 13 aromatic carbocycles. The highest BCUT2D eigenvalue weighted by molar-refractivity contribution is 7.04. The fourth-order valence-electron chi connectivity index (χ4n) is 12.1. The molecule has 1 aliphatic rings. The van der Waals surface area contributed by atoms with E-state index in [1.165, 1.54) is 141 Å². The van der Waals surface area contributed by atoms with Crippen molar-refractivity contribution in [2.24, 2.45) is 0 Å². The average Bonchev–Trinajstić information content (AvgIpc) is 3.58. The van der Waals surface area contributed by atoms with Crippen molar-refractivity contribution in [1.82, 2.24) is 0 Å². The molecular weight excluding hydrogens is 797 g/mol. The average molecular weight is 839 g/mol. The van der Waals surface area contributed by atoms with Crippen LogP contribution in [0.3, 0.4) is 0 Å². The van der Waals surface area contributed by atoms with Gasteiger partial charge in [0, 0.05) is 0 Å². The number of fused-ring (bicyclic) bond motifs is 14. The summed E-state index contributed by atoms with van der Waals surface area (Å²) in [6.07, 6.45) is 0. The van der Waals surface area contributed by atoms with Crippen LogP contribution in [0.5, 0.6) is 0 Å². The lowest BCUT2D eigenvalue weighted by Crippen LogP contribution is -2.49. The van der Waals surface area contributed by atoms with Crippen LogP contribution in [0, 0.1) is 0 Å². The van der Waals surface area contributed by atoms with E-state index in [0.29, 0.717) is 0 Å². The zero-order chi connectivity index (χ0) is 43.0. The minimum absolute atomic E-state index is 1.26. The van der Waals surface area contributed by atoms with Crippen LogP contribution in [0.15, 0.2) is 218 Å². The van der Waals surface area contributed by atoms with E-state index in [4.69, 9.17) is 0 Å². The lowest BCUT2D eigenvalue weighted by atomic mass is 9.80. The van der Waals surface area contributed by atoms with Crippen LogP contribution in [0.4, 0.5) is 0 Å². The van der Waals surface area contributed by atoms with Crippen LogP contribution in [-0.4, -0.2) is 8.07 Å². The molecule has 0 N–H and O–H groups in total. The summed E-state index contributed by atoms with van der Waals surface area (Å²) in [5, 5.41) is 23.8. The standard InChI is InChI=1S/C64H42Si/c1-65(2)59-35-34-40(36-57(59)58-37-55-44-23-7-5-21-42(44)43-22-6-8-24-45(43)56(55)38-60(58)65)61-47-25-9-13-29-51(47)63(52-30-14-10-26-48(52)61)64-53-31-15-11-27-49(53)62(50-28-12-16-32-54(50)64)46-33-17-19-39-18-3-4-20-41(39)46/h3-38H,1-2H3. The highest BCUT2D eigenvalue weighted by Gasteiger charge is 2.38. The van der Waals surface area contributed by atoms with E-state index >= 15 is 0 Å². The molecule has 0 amide bonds. The SMILES string of the molecule is C[Si]1(C)c2ccc(-c3c4ccccc4c(-c4c5ccccc5c(-c5cccc6ccccc56)c5ccccc45)c4ccccc34)cc2-c2cc3c4ccccc4c4ccccc4c3cc21. The van der Waals surface area contributed by atoms with Crippen LogP contribution in [0.25, 0.3) is 131 Å². The third-order valence-corrected chi connectivity index (χ3v) is 18.5. The second-order valence-electron chi connectivity index (χ2n) is 18.6. The Bertz CT molecular complexity index is 4090. The first-order valence-electron chi connectivity index (χ1n) is 22.9. The molecule has 0 radical (unpaired) electrons. The zero-order valence-electron chi connectivity index (χ0n) is 36.3. The van der Waals surface area contributed by atoms with Gasteiger partial charge >= 0.3 is 0 Å². The predicted octanol–water partition coefficient (Wildman–Crippen LogP) is 16.7. The molecule has 65 heavy (non-hydrogen) atoms. The summed E-state index contributed by atoms with van der Waals surface area (Å²) in [5.74, 6) is 0. The van der Waals surface area contributed by atoms with Crippen molar-refractivity contribution in [3.05, 3.63) is 218 Å². The molecular formula is C64H42Si. The maximum atomic E-state index is 2.57. The topological polar surface area (TPSA) is 0 Å². The maximum absolute atomic E-state index is 2.57. The molecule has 0 spiro atoms. The Morgan fingerprint density at radius 2 is 0.600 bits per heavy atom. The van der Waals surface area contributed by atoms with Gasteiger partial charge in [-0.3, -0.25) is 0 Å². The van der Waals surface area contributed by atoms with Crippen molar-refractivity contribution in [3.63, 3.8) is 0 Å². The van der Waals surface area contributed by atoms with Gasteiger partial charge in [0.1, 0.15) is 8.07 Å². The normalized spacial score (nSPS) is 13.2. The van der Waals surface area contributed by atoms with E-state index in [9.17, 15) is 0 Å². The molecule has 13 aromatic rings. The van der Waals surface area contributed by atoms with E-state index in [-0.39, 0.29) is 0 Å². The van der Waals surface area contributed by atoms with Crippen LogP contribution in [-0.2, 0) is 0 Å². The van der Waals surface area contributed by atoms with Gasteiger partial charge in [-0.1, -0.05) is 219 Å². The molecule has 0 fully saturated rings. The Hall–Kier alpha value is -7.84. The Balaban J connectivity index is 1.05. The molecule has 0 saturated heterocycles. The Morgan fingerprint density at radius 3 is 1.11 bits per heavy atom. The monoisotopic (exact) mass is 838 g/mol. The van der Waals surface area contributed by atoms with E-state index in [2.05, 4.69) is 231 Å². The number of benzene rings is 13. The maximum Gasteiger partial charge on any atom is 0.113 e. The van der Waals surface area contributed by atoms with Gasteiger partial charge in [-0.15, -0.1) is 0 Å². The number of hydrogen-bond donors (Lipinski definition) is 0. The van der Waals surface area contributed by atoms with Gasteiger partial charge in [0.15, 0.2) is 0 Å². The highest BCUT2D eigenvalue weighted by atomic mass is 28.3. The molecule has 1 aliphatic heterocycles. The minimum atomic E-state index is -2.03. The molecule has 0 nitrogen and oxygen atoms in total. The smallest absolute Gasteiger partial charge is 0.0616 e. The summed E-state index contributed by atoms with van der Waals surface area (Å²) < 4.78 is 0. The lowest BCUT2D eigenvalue weighted by Gasteiger charge is -2.23. The van der Waals surface area contributed by atoms with Gasteiger partial charge in [0.2, 0.25) is 0 Å². The van der Waals surface area contributed by atoms with E-state index in [1.807, 2.05) is 0 Å². The van der Waals surface area contributed by atoms with Crippen LogP contribution >= 0.6 is 0 Å². The zero-order valence-corrected chi connectivity index (χ0v) is 37.3. The number of rotatable bonds is 3. The summed E-state index contributed by atoms with van der Waals surface area (Å²) in [5.41, 5.74) is 10.5. The van der Waals surface area contributed by atoms with Crippen LogP contribution < -0.4 is 10.4 Å². The van der Waals surface area contributed by atoms with Crippen molar-refractivity contribution >= 4 is 105 Å². The minimum Gasteiger partial charge on any atom is -0.0616 e. The summed E-state index contributed by atoms with van der Waals surface area (Å²) in [6.45, 7) is 5.10. The van der Waals surface area contributed by atoms with Gasteiger partial charge in [-0.2, -0.15) is 0 Å². The van der Waals surface area contributed by atoms with E-state index in [0.717, 1.165) is 0 Å². The molecule has 0 unspecified atom stereocenters. The highest BCUT2D eigenvalue weighted by Crippen LogP contribution is 2.51. The van der Waals surface area contributed by atoms with Gasteiger partial charge < -0.3 is 0 Å². The third-order valence-electron chi connectivity index (χ3n) is 15.0. The molecule has 302 valence electrons. The van der Waals surface area contributed by atoms with Gasteiger partial charge in [0.05, 0.1) is 0 Å². The number of hydrogen-bond acceptors (Lipinski definition) is 0. The Morgan fingerprint density at radius 1 is 0.231 bits per heavy atom. The van der Waals surface area contributed by atoms with E-state index in [1.54, 1.807) is 0 Å². The summed E-state index contributed by atoms with van der Waals surface area (Å²) in [6, 6.07) is 82.7. The largest absolute Gasteiger partial charge is 0.113 e. The van der Waals surface area contributed by atoms with Crippen molar-refractivity contribution in [3.8, 4) is 44.5 Å². The lowest BCUT2D eigenvalue weighted by molar-refractivity contribution is 1.67. The Kier molecular flexibility index (Phi) is 7.65. The molecule has 0 aliphatic carbocycles. The van der Waals surface area contributed by atoms with Crippen molar-refractivity contribution in [2.75, 3.05) is 0 Å². The van der Waals surface area contributed by atoms with Crippen molar-refractivity contribution in [2.45, 2.75) is 13.1 Å². The fourth-order valence-corrected chi connectivity index (χ4v) is 15.2. The molecule has 0 bridgehead atoms. The predicted molar refractivity (Wildman–Crippen MR) is 285 cm³/mol. The Labute approximate surface area is 378 Å². The van der Waals surface area contributed by atoms with E-state index < -0.39 is 8.07 Å². The molecule has 1 heteroatoms. The molecule has 1 heterocycles. The van der Waals surface area contributed by atoms with Gasteiger partial charge in [0.25, 0.3) is 0 Å². The second-order valence-corrected chi connectivity index (χ2v) is 23.0. The molecule has 14 rings (SSSR count). The van der Waals surface area contributed by atoms with Crippen molar-refractivity contribution < 1.29 is 0 Å². The van der Waals surface area contributed by atoms with Gasteiger partial charge in [-0.05, 0) is 153 Å². The van der Waals surface area contributed by atoms with Crippen LogP contribution in [0.1, 0.15) is 0 Å². The summed E-state index contributed by atoms with van der Waals surface area (Å²) >= 11 is 0. The molecule has 0 atom stereocenters. The fraction of sp³-hybridized carbons (Fsp3) is 0.0312. The first kappa shape index (κ1) is 36.6. The van der Waals surface area contributed by atoms with Crippen molar-refractivity contribution in [1.29, 1.82) is 0 Å². The quantitative estimate of drug-likeness (QED) is 0.0945. The second kappa shape index (κ2) is 13.6. The summed E-state index contributed by atoms with van der Waals surface area (Å²) in [4.78, 5) is 0. The third kappa shape index (κ3) is 5.07.